The topological polar surface area (TPSA) is 17.1 Å². The van der Waals surface area contributed by atoms with E-state index in [0.717, 1.165) is 12.2 Å². The minimum Gasteiger partial charge on any atom is -0.304 e. The van der Waals surface area contributed by atoms with Crippen molar-refractivity contribution in [3.8, 4) is 0 Å². The molecule has 0 amide bonds. The highest BCUT2D eigenvalue weighted by Gasteiger charge is 1.94. The molecule has 0 fully saturated rings. The van der Waals surface area contributed by atoms with E-state index in [1.165, 1.54) is 32.6 Å². The first-order chi connectivity index (χ1) is 5.22. The molecule has 0 rings (SSSR count). The Hall–Kier alpha value is -0.330. The van der Waals surface area contributed by atoms with Crippen LogP contribution >= 0.6 is 0 Å². The van der Waals surface area contributed by atoms with Gasteiger partial charge in [-0.1, -0.05) is 46.5 Å². The van der Waals surface area contributed by atoms with Crippen LogP contribution in [-0.4, -0.2) is 6.29 Å². The minimum atomic E-state index is 0.750. The van der Waals surface area contributed by atoms with Crippen LogP contribution in [0.2, 0.25) is 0 Å². The van der Waals surface area contributed by atoms with Crippen molar-refractivity contribution < 1.29 is 4.79 Å². The third-order valence-corrected chi connectivity index (χ3v) is 1.75. The number of carbonyl (C=O) groups is 1. The normalized spacial score (nSPS) is 11.3. The zero-order chi connectivity index (χ0) is 9.11. The highest BCUT2D eigenvalue weighted by atomic mass is 16.1. The zero-order valence-corrected chi connectivity index (χ0v) is 8.39. The van der Waals surface area contributed by atoms with Crippen LogP contribution in [0.25, 0.3) is 0 Å². The SMILES string of the molecule is CC=O.CCCCC(C)CC. The molecule has 1 unspecified atom stereocenters. The smallest absolute Gasteiger partial charge is 0.116 e. The molecule has 0 aromatic heterocycles. The fourth-order valence-electron chi connectivity index (χ4n) is 0.757. The first-order valence-corrected chi connectivity index (χ1v) is 4.62. The maximum Gasteiger partial charge on any atom is 0.116 e. The van der Waals surface area contributed by atoms with Crippen molar-refractivity contribution in [1.29, 1.82) is 0 Å². The van der Waals surface area contributed by atoms with Crippen LogP contribution in [0.5, 0.6) is 0 Å². The first kappa shape index (κ1) is 13.3. The molecular formula is C10H22O. The van der Waals surface area contributed by atoms with Crippen molar-refractivity contribution in [2.45, 2.75) is 53.4 Å². The Kier molecular flexibility index (Phi) is 14.9. The molecule has 68 valence electrons. The summed E-state index contributed by atoms with van der Waals surface area (Å²) in [6, 6.07) is 0. The highest BCUT2D eigenvalue weighted by Crippen LogP contribution is 2.09. The Balaban J connectivity index is 0. The van der Waals surface area contributed by atoms with Gasteiger partial charge in [-0.2, -0.15) is 0 Å². The summed E-state index contributed by atoms with van der Waals surface area (Å²) in [7, 11) is 0. The van der Waals surface area contributed by atoms with Crippen molar-refractivity contribution in [3.63, 3.8) is 0 Å². The second-order valence-electron chi connectivity index (χ2n) is 2.89. The van der Waals surface area contributed by atoms with Crippen LogP contribution in [0.15, 0.2) is 0 Å². The minimum absolute atomic E-state index is 0.750. The summed E-state index contributed by atoms with van der Waals surface area (Å²) in [6.07, 6.45) is 6.28. The highest BCUT2D eigenvalue weighted by molar-refractivity contribution is 5.44. The maximum absolute atomic E-state index is 8.81. The molecule has 0 heterocycles. The third kappa shape index (κ3) is 17.7. The van der Waals surface area contributed by atoms with E-state index in [1.807, 2.05) is 0 Å². The zero-order valence-electron chi connectivity index (χ0n) is 8.39. The molecule has 1 heteroatoms. The van der Waals surface area contributed by atoms with Gasteiger partial charge in [-0.25, -0.2) is 0 Å². The number of aldehydes is 1. The van der Waals surface area contributed by atoms with Crippen molar-refractivity contribution in [1.82, 2.24) is 0 Å². The van der Waals surface area contributed by atoms with E-state index in [1.54, 1.807) is 0 Å². The average Bonchev–Trinajstić information content (AvgIpc) is 2.02. The lowest BCUT2D eigenvalue weighted by Gasteiger charge is -2.04. The third-order valence-electron chi connectivity index (χ3n) is 1.75. The molecule has 0 spiro atoms. The van der Waals surface area contributed by atoms with E-state index in [0.29, 0.717) is 0 Å². The van der Waals surface area contributed by atoms with Gasteiger partial charge in [0.05, 0.1) is 0 Å². The van der Waals surface area contributed by atoms with E-state index in [9.17, 15) is 0 Å². The molecule has 0 saturated heterocycles. The predicted molar refractivity (Wildman–Crippen MR) is 50.7 cm³/mol. The van der Waals surface area contributed by atoms with Gasteiger partial charge in [0, 0.05) is 0 Å². The van der Waals surface area contributed by atoms with Crippen LogP contribution in [0.3, 0.4) is 0 Å². The molecule has 0 aromatic carbocycles. The summed E-state index contributed by atoms with van der Waals surface area (Å²) >= 11 is 0. The Labute approximate surface area is 71.2 Å². The lowest BCUT2D eigenvalue weighted by Crippen LogP contribution is -1.89. The molecular weight excluding hydrogens is 136 g/mol. The van der Waals surface area contributed by atoms with Gasteiger partial charge in [0.25, 0.3) is 0 Å². The van der Waals surface area contributed by atoms with Gasteiger partial charge < -0.3 is 4.79 Å². The summed E-state index contributed by atoms with van der Waals surface area (Å²) in [5, 5.41) is 0. The second-order valence-corrected chi connectivity index (χ2v) is 2.89. The Bertz CT molecular complexity index is 69.3. The quantitative estimate of drug-likeness (QED) is 0.573. The number of unbranched alkanes of at least 4 members (excludes halogenated alkanes) is 1. The molecule has 0 aliphatic heterocycles. The fourth-order valence-corrected chi connectivity index (χ4v) is 0.757. The van der Waals surface area contributed by atoms with Crippen LogP contribution in [0.4, 0.5) is 0 Å². The average molecular weight is 158 g/mol. The van der Waals surface area contributed by atoms with E-state index >= 15 is 0 Å². The van der Waals surface area contributed by atoms with E-state index < -0.39 is 0 Å². The summed E-state index contributed by atoms with van der Waals surface area (Å²) in [6.45, 7) is 8.29. The maximum atomic E-state index is 8.81. The van der Waals surface area contributed by atoms with Crippen molar-refractivity contribution in [2.24, 2.45) is 5.92 Å². The van der Waals surface area contributed by atoms with E-state index in [4.69, 9.17) is 4.79 Å². The molecule has 0 aliphatic rings. The van der Waals surface area contributed by atoms with Gasteiger partial charge in [0.2, 0.25) is 0 Å². The van der Waals surface area contributed by atoms with Crippen molar-refractivity contribution in [2.75, 3.05) is 0 Å². The van der Waals surface area contributed by atoms with Crippen LogP contribution in [-0.2, 0) is 4.79 Å². The Morgan fingerprint density at radius 2 is 1.82 bits per heavy atom. The van der Waals surface area contributed by atoms with Gasteiger partial charge in [0.15, 0.2) is 0 Å². The van der Waals surface area contributed by atoms with Crippen LogP contribution in [0.1, 0.15) is 53.4 Å². The molecule has 11 heavy (non-hydrogen) atoms. The fraction of sp³-hybridized carbons (Fsp3) is 0.900. The van der Waals surface area contributed by atoms with Gasteiger partial charge >= 0.3 is 0 Å². The first-order valence-electron chi connectivity index (χ1n) is 4.62. The number of carbonyl (C=O) groups excluding carboxylic acids is 1. The van der Waals surface area contributed by atoms with Gasteiger partial charge in [-0.15, -0.1) is 0 Å². The Morgan fingerprint density at radius 1 is 1.36 bits per heavy atom. The van der Waals surface area contributed by atoms with Crippen molar-refractivity contribution in [3.05, 3.63) is 0 Å². The van der Waals surface area contributed by atoms with Crippen LogP contribution < -0.4 is 0 Å². The summed E-state index contributed by atoms with van der Waals surface area (Å²) in [5.41, 5.74) is 0. The van der Waals surface area contributed by atoms with Gasteiger partial charge in [-0.3, -0.25) is 0 Å². The number of hydrogen-bond acceptors (Lipinski definition) is 1. The van der Waals surface area contributed by atoms with Crippen LogP contribution in [0, 0.1) is 5.92 Å². The summed E-state index contributed by atoms with van der Waals surface area (Å²) in [5.74, 6) is 0.954. The van der Waals surface area contributed by atoms with Crippen molar-refractivity contribution >= 4 is 6.29 Å². The van der Waals surface area contributed by atoms with Gasteiger partial charge in [0.1, 0.15) is 6.29 Å². The number of rotatable bonds is 4. The molecule has 0 N–H and O–H groups in total. The van der Waals surface area contributed by atoms with Gasteiger partial charge in [-0.05, 0) is 12.8 Å². The lowest BCUT2D eigenvalue weighted by molar-refractivity contribution is -0.106. The molecule has 1 atom stereocenters. The molecule has 0 aromatic rings. The molecule has 0 aliphatic carbocycles. The van der Waals surface area contributed by atoms with E-state index in [2.05, 4.69) is 20.8 Å². The summed E-state index contributed by atoms with van der Waals surface area (Å²) < 4.78 is 0. The molecule has 0 saturated carbocycles. The molecule has 0 bridgehead atoms. The molecule has 0 radical (unpaired) electrons. The molecule has 1 nitrogen and oxygen atoms in total. The Morgan fingerprint density at radius 3 is 2.09 bits per heavy atom. The monoisotopic (exact) mass is 158 g/mol. The lowest BCUT2D eigenvalue weighted by atomic mass is 10.0. The predicted octanol–water partition coefficient (Wildman–Crippen LogP) is 3.43. The standard InChI is InChI=1S/C8H18.C2H4O/c1-4-6-7-8(3)5-2;1-2-3/h8H,4-7H2,1-3H3;2H,1H3. The van der Waals surface area contributed by atoms with E-state index in [-0.39, 0.29) is 0 Å². The summed E-state index contributed by atoms with van der Waals surface area (Å²) in [4.78, 5) is 8.81. The second kappa shape index (κ2) is 12.4. The largest absolute Gasteiger partial charge is 0.304 e. The number of hydrogen-bond donors (Lipinski definition) is 0.